The molecule has 1 aromatic heterocycles. The number of aromatic nitrogens is 1. The summed E-state index contributed by atoms with van der Waals surface area (Å²) in [5, 5.41) is 6.00. The number of alkyl halides is 3. The highest BCUT2D eigenvalue weighted by Gasteiger charge is 2.41. The lowest BCUT2D eigenvalue weighted by Gasteiger charge is -2.23. The summed E-state index contributed by atoms with van der Waals surface area (Å²) in [4.78, 5) is 15.4. The van der Waals surface area contributed by atoms with E-state index in [1.165, 1.54) is 6.07 Å². The van der Waals surface area contributed by atoms with Gasteiger partial charge in [0, 0.05) is 30.0 Å². The molecule has 1 unspecified atom stereocenters. The number of amides is 1. The van der Waals surface area contributed by atoms with E-state index in [0.29, 0.717) is 11.7 Å². The number of halogens is 3. The largest absolute Gasteiger partial charge is 0.433 e. The molecule has 2 fully saturated rings. The van der Waals surface area contributed by atoms with Gasteiger partial charge in [0.1, 0.15) is 5.69 Å². The highest BCUT2D eigenvalue weighted by molar-refractivity contribution is 6.04. The van der Waals surface area contributed by atoms with Crippen molar-refractivity contribution >= 4 is 11.6 Å². The van der Waals surface area contributed by atoms with Crippen LogP contribution in [0.5, 0.6) is 0 Å². The maximum atomic E-state index is 12.7. The van der Waals surface area contributed by atoms with Gasteiger partial charge in [0.05, 0.1) is 12.2 Å². The molecule has 1 aromatic carbocycles. The first-order valence-corrected chi connectivity index (χ1v) is 8.23. The van der Waals surface area contributed by atoms with E-state index in [4.69, 9.17) is 4.74 Å². The number of nitrogens with zero attached hydrogens (tertiary/aromatic N) is 1. The minimum absolute atomic E-state index is 0.00644. The molecule has 8 heteroatoms. The van der Waals surface area contributed by atoms with Crippen molar-refractivity contribution in [3.63, 3.8) is 0 Å². The fourth-order valence-corrected chi connectivity index (χ4v) is 3.37. The zero-order valence-electron chi connectivity index (χ0n) is 13.6. The summed E-state index contributed by atoms with van der Waals surface area (Å²) in [7, 11) is 0. The van der Waals surface area contributed by atoms with Gasteiger partial charge in [-0.15, -0.1) is 0 Å². The second kappa shape index (κ2) is 6.37. The van der Waals surface area contributed by atoms with Gasteiger partial charge < -0.3 is 15.4 Å². The molecular weight excluding hydrogens is 347 g/mol. The van der Waals surface area contributed by atoms with Gasteiger partial charge in [-0.3, -0.25) is 9.78 Å². The van der Waals surface area contributed by atoms with Crippen molar-refractivity contribution in [3.05, 3.63) is 59.4 Å². The smallest absolute Gasteiger partial charge is 0.367 e. The van der Waals surface area contributed by atoms with Gasteiger partial charge in [-0.05, 0) is 36.2 Å². The Morgan fingerprint density at radius 1 is 1.23 bits per heavy atom. The number of hydrogen-bond donors (Lipinski definition) is 2. The van der Waals surface area contributed by atoms with E-state index in [0.717, 1.165) is 30.8 Å². The number of carbonyl (C=O) groups excluding carboxylic acids is 1. The van der Waals surface area contributed by atoms with E-state index in [1.54, 1.807) is 12.1 Å². The van der Waals surface area contributed by atoms with E-state index in [1.807, 2.05) is 12.1 Å². The van der Waals surface area contributed by atoms with Gasteiger partial charge in [-0.2, -0.15) is 13.2 Å². The van der Waals surface area contributed by atoms with Gasteiger partial charge in [0.25, 0.3) is 5.91 Å². The van der Waals surface area contributed by atoms with Gasteiger partial charge in [0.15, 0.2) is 0 Å². The number of fused-ring (bicyclic) bond motifs is 2. The molecule has 2 N–H and O–H groups in total. The molecule has 4 rings (SSSR count). The molecule has 2 bridgehead atoms. The van der Waals surface area contributed by atoms with Crippen LogP contribution < -0.4 is 10.6 Å². The Morgan fingerprint density at radius 3 is 2.62 bits per heavy atom. The Kier molecular flexibility index (Phi) is 4.16. The Balaban J connectivity index is 1.45. The van der Waals surface area contributed by atoms with Crippen LogP contribution in [0, 0.1) is 0 Å². The predicted molar refractivity (Wildman–Crippen MR) is 87.7 cm³/mol. The SMILES string of the molecule is O=C(Nc1ccc([C@H]2O[C@@H]3CNC2C3)cc1)c1ccnc(C(F)(F)F)c1. The average Bonchev–Trinajstić information content (AvgIpc) is 3.25. The minimum Gasteiger partial charge on any atom is -0.367 e. The molecule has 1 amide bonds. The van der Waals surface area contributed by atoms with Gasteiger partial charge in [0.2, 0.25) is 0 Å². The molecule has 0 spiro atoms. The minimum atomic E-state index is -4.59. The number of rotatable bonds is 3. The number of nitrogens with one attached hydrogen (secondary N) is 2. The first-order valence-electron chi connectivity index (χ1n) is 8.23. The normalized spacial score (nSPS) is 24.7. The van der Waals surface area contributed by atoms with E-state index < -0.39 is 17.8 Å². The van der Waals surface area contributed by atoms with E-state index in [-0.39, 0.29) is 17.8 Å². The molecule has 2 aromatic rings. The zero-order chi connectivity index (χ0) is 18.3. The number of hydrogen-bond acceptors (Lipinski definition) is 4. The molecule has 0 aliphatic carbocycles. The first kappa shape index (κ1) is 17.0. The van der Waals surface area contributed by atoms with Crippen molar-refractivity contribution in [2.75, 3.05) is 11.9 Å². The second-order valence-corrected chi connectivity index (χ2v) is 6.43. The Bertz CT molecular complexity index is 823. The molecule has 2 aliphatic rings. The average molecular weight is 363 g/mol. The molecule has 136 valence electrons. The topological polar surface area (TPSA) is 63.2 Å². The molecule has 3 atom stereocenters. The standard InChI is InChI=1S/C18H16F3N3O2/c19-18(20,21)15-7-11(5-6-22-15)17(25)24-12-3-1-10(2-4-12)16-14-8-13(26-16)9-23-14/h1-7,13-14,16,23H,8-9H2,(H,24,25)/t13-,14?,16+/m0/s1. The molecule has 0 saturated carbocycles. The molecule has 0 radical (unpaired) electrons. The van der Waals surface area contributed by atoms with Crippen LogP contribution >= 0.6 is 0 Å². The Labute approximate surface area is 147 Å². The number of morpholine rings is 1. The fraction of sp³-hybridized carbons (Fsp3) is 0.333. The fourth-order valence-electron chi connectivity index (χ4n) is 3.37. The molecular formula is C18H16F3N3O2. The molecule has 3 heterocycles. The van der Waals surface area contributed by atoms with Crippen molar-refractivity contribution < 1.29 is 22.7 Å². The summed E-state index contributed by atoms with van der Waals surface area (Å²) >= 11 is 0. The predicted octanol–water partition coefficient (Wildman–Crippen LogP) is 3.15. The van der Waals surface area contributed by atoms with Crippen LogP contribution in [-0.2, 0) is 10.9 Å². The van der Waals surface area contributed by atoms with Crippen LogP contribution in [0.25, 0.3) is 0 Å². The highest BCUT2D eigenvalue weighted by atomic mass is 19.4. The lowest BCUT2D eigenvalue weighted by molar-refractivity contribution is -0.141. The van der Waals surface area contributed by atoms with E-state index in [9.17, 15) is 18.0 Å². The van der Waals surface area contributed by atoms with E-state index >= 15 is 0 Å². The number of pyridine rings is 1. The molecule has 5 nitrogen and oxygen atoms in total. The number of anilines is 1. The quantitative estimate of drug-likeness (QED) is 0.879. The number of benzene rings is 1. The second-order valence-electron chi connectivity index (χ2n) is 6.43. The first-order chi connectivity index (χ1) is 12.4. The third kappa shape index (κ3) is 3.30. The van der Waals surface area contributed by atoms with Crippen LogP contribution in [0.4, 0.5) is 18.9 Å². The molecule has 2 aliphatic heterocycles. The van der Waals surface area contributed by atoms with Crippen molar-refractivity contribution in [2.45, 2.75) is 30.8 Å². The van der Waals surface area contributed by atoms with Crippen molar-refractivity contribution in [2.24, 2.45) is 0 Å². The van der Waals surface area contributed by atoms with Crippen LogP contribution in [-0.4, -0.2) is 29.6 Å². The summed E-state index contributed by atoms with van der Waals surface area (Å²) in [5.41, 5.74) is 0.310. The zero-order valence-corrected chi connectivity index (χ0v) is 13.6. The van der Waals surface area contributed by atoms with E-state index in [2.05, 4.69) is 15.6 Å². The van der Waals surface area contributed by atoms with Gasteiger partial charge >= 0.3 is 6.18 Å². The highest BCUT2D eigenvalue weighted by Crippen LogP contribution is 2.37. The molecule has 26 heavy (non-hydrogen) atoms. The Hall–Kier alpha value is -2.45. The summed E-state index contributed by atoms with van der Waals surface area (Å²) in [6.45, 7) is 0.876. The Morgan fingerprint density at radius 2 is 2.00 bits per heavy atom. The van der Waals surface area contributed by atoms with Gasteiger partial charge in [-0.25, -0.2) is 0 Å². The summed E-state index contributed by atoms with van der Waals surface area (Å²) in [6.07, 6.45) is -2.38. The summed E-state index contributed by atoms with van der Waals surface area (Å²) < 4.78 is 44.0. The monoisotopic (exact) mass is 363 g/mol. The summed E-state index contributed by atoms with van der Waals surface area (Å²) in [6, 6.07) is 9.43. The third-order valence-corrected chi connectivity index (χ3v) is 4.64. The van der Waals surface area contributed by atoms with Crippen LogP contribution in [0.1, 0.15) is 34.1 Å². The lowest BCUT2D eigenvalue weighted by Crippen LogP contribution is -2.33. The summed E-state index contributed by atoms with van der Waals surface area (Å²) in [5.74, 6) is -0.622. The number of carbonyl (C=O) groups is 1. The number of ether oxygens (including phenoxy) is 1. The van der Waals surface area contributed by atoms with Gasteiger partial charge in [-0.1, -0.05) is 12.1 Å². The maximum absolute atomic E-state index is 12.7. The third-order valence-electron chi connectivity index (χ3n) is 4.64. The van der Waals surface area contributed by atoms with Crippen LogP contribution in [0.3, 0.4) is 0 Å². The van der Waals surface area contributed by atoms with Crippen molar-refractivity contribution in [3.8, 4) is 0 Å². The lowest BCUT2D eigenvalue weighted by atomic mass is 10.0. The molecule has 2 saturated heterocycles. The van der Waals surface area contributed by atoms with Crippen LogP contribution in [0.15, 0.2) is 42.6 Å². The van der Waals surface area contributed by atoms with Crippen LogP contribution in [0.2, 0.25) is 0 Å². The maximum Gasteiger partial charge on any atom is 0.433 e. The van der Waals surface area contributed by atoms with Crippen molar-refractivity contribution in [1.82, 2.24) is 10.3 Å². The van der Waals surface area contributed by atoms with Crippen molar-refractivity contribution in [1.29, 1.82) is 0 Å².